The molecule has 2 heterocycles. The third-order valence-electron chi connectivity index (χ3n) is 5.58. The number of fused-ring (bicyclic) bond motifs is 1. The van der Waals surface area contributed by atoms with Crippen molar-refractivity contribution >= 4 is 29.9 Å². The van der Waals surface area contributed by atoms with Crippen LogP contribution in [0.5, 0.6) is 11.5 Å². The molecule has 1 aromatic rings. The molecule has 0 bridgehead atoms. The zero-order valence-corrected chi connectivity index (χ0v) is 20.1. The predicted octanol–water partition coefficient (Wildman–Crippen LogP) is 3.28. The molecule has 170 valence electrons. The summed E-state index contributed by atoms with van der Waals surface area (Å²) < 4.78 is 50.2. The van der Waals surface area contributed by atoms with E-state index in [4.69, 9.17) is 9.47 Å². The monoisotopic (exact) mass is 542 g/mol. The number of aliphatic imine (C=N–C) groups is 1. The minimum Gasteiger partial charge on any atom is -0.496 e. The molecule has 0 aliphatic carbocycles. The van der Waals surface area contributed by atoms with E-state index in [-0.39, 0.29) is 30.1 Å². The first kappa shape index (κ1) is 24.8. The van der Waals surface area contributed by atoms with Gasteiger partial charge < -0.3 is 19.7 Å². The van der Waals surface area contributed by atoms with E-state index in [0.29, 0.717) is 38.7 Å². The summed E-state index contributed by atoms with van der Waals surface area (Å²) in [5.41, 5.74) is 2.09. The Kier molecular flexibility index (Phi) is 8.49. The molecule has 2 aliphatic rings. The molecule has 1 N–H and O–H groups in total. The molecule has 3 rings (SSSR count). The van der Waals surface area contributed by atoms with Crippen LogP contribution in [0.3, 0.4) is 0 Å². The molecule has 0 aromatic heterocycles. The van der Waals surface area contributed by atoms with E-state index in [1.807, 2.05) is 24.0 Å². The van der Waals surface area contributed by atoms with Gasteiger partial charge >= 0.3 is 6.18 Å². The van der Waals surface area contributed by atoms with Gasteiger partial charge in [0.15, 0.2) is 5.96 Å². The average molecular weight is 542 g/mol. The van der Waals surface area contributed by atoms with Crippen molar-refractivity contribution in [2.24, 2.45) is 4.99 Å². The molecule has 1 aromatic carbocycles. The van der Waals surface area contributed by atoms with Crippen molar-refractivity contribution < 1.29 is 22.6 Å². The van der Waals surface area contributed by atoms with Crippen LogP contribution in [0.1, 0.15) is 25.0 Å². The Morgan fingerprint density at radius 3 is 2.53 bits per heavy atom. The SMILES string of the molecule is CN=C(NCc1cc2c(cc1OC)CC(C)O2)N1CCN(C(C)C(F)(F)F)CC1.I. The van der Waals surface area contributed by atoms with Gasteiger partial charge in [0.25, 0.3) is 0 Å². The van der Waals surface area contributed by atoms with Crippen LogP contribution in [-0.2, 0) is 13.0 Å². The third kappa shape index (κ3) is 5.63. The van der Waals surface area contributed by atoms with E-state index in [1.54, 1.807) is 14.2 Å². The first-order chi connectivity index (χ1) is 13.7. The molecule has 10 heteroatoms. The first-order valence-electron chi connectivity index (χ1n) is 9.85. The summed E-state index contributed by atoms with van der Waals surface area (Å²) in [6.45, 7) is 5.39. The second kappa shape index (κ2) is 10.3. The zero-order valence-electron chi connectivity index (χ0n) is 17.8. The van der Waals surface area contributed by atoms with Crippen LogP contribution in [0.25, 0.3) is 0 Å². The van der Waals surface area contributed by atoms with Gasteiger partial charge in [-0.05, 0) is 26.0 Å². The standard InChI is InChI=1S/C20H29F3N4O2.HI/c1-13-9-15-10-17(28-4)16(11-18(15)29-13)12-25-19(24-3)27-7-5-26(6-8-27)14(2)20(21,22)23;/h10-11,13-14H,5-9,12H2,1-4H3,(H,24,25);1H. The molecule has 2 unspecified atom stereocenters. The molecule has 0 saturated carbocycles. The molecule has 0 radical (unpaired) electrons. The summed E-state index contributed by atoms with van der Waals surface area (Å²) >= 11 is 0. The van der Waals surface area contributed by atoms with E-state index in [0.717, 1.165) is 29.0 Å². The third-order valence-corrected chi connectivity index (χ3v) is 5.58. The molecule has 0 amide bonds. The number of benzene rings is 1. The zero-order chi connectivity index (χ0) is 21.2. The number of hydrogen-bond acceptors (Lipinski definition) is 4. The Hall–Kier alpha value is -1.43. The number of nitrogens with zero attached hydrogens (tertiary/aromatic N) is 3. The van der Waals surface area contributed by atoms with Crippen LogP contribution < -0.4 is 14.8 Å². The summed E-state index contributed by atoms with van der Waals surface area (Å²) in [6, 6.07) is 2.56. The minimum atomic E-state index is -4.20. The summed E-state index contributed by atoms with van der Waals surface area (Å²) in [5.74, 6) is 2.33. The Morgan fingerprint density at radius 1 is 1.30 bits per heavy atom. The molecule has 6 nitrogen and oxygen atoms in total. The van der Waals surface area contributed by atoms with E-state index < -0.39 is 12.2 Å². The van der Waals surface area contributed by atoms with Crippen molar-refractivity contribution in [1.82, 2.24) is 15.1 Å². The Labute approximate surface area is 192 Å². The number of guanidine groups is 1. The van der Waals surface area contributed by atoms with Gasteiger partial charge in [-0.2, -0.15) is 13.2 Å². The van der Waals surface area contributed by atoms with Crippen LogP contribution in [0.4, 0.5) is 13.2 Å². The highest BCUT2D eigenvalue weighted by Crippen LogP contribution is 2.35. The number of rotatable bonds is 4. The topological polar surface area (TPSA) is 49.3 Å². The van der Waals surface area contributed by atoms with E-state index >= 15 is 0 Å². The maximum absolute atomic E-state index is 12.9. The molecule has 30 heavy (non-hydrogen) atoms. The van der Waals surface area contributed by atoms with Gasteiger partial charge in [-0.15, -0.1) is 24.0 Å². The lowest BCUT2D eigenvalue weighted by Gasteiger charge is -2.39. The van der Waals surface area contributed by atoms with Crippen molar-refractivity contribution in [3.63, 3.8) is 0 Å². The second-order valence-corrected chi connectivity index (χ2v) is 7.55. The fourth-order valence-corrected chi connectivity index (χ4v) is 3.84. The number of methoxy groups -OCH3 is 1. The number of hydrogen-bond donors (Lipinski definition) is 1. The van der Waals surface area contributed by atoms with Crippen molar-refractivity contribution in [2.45, 2.75) is 45.1 Å². The number of nitrogens with one attached hydrogen (secondary N) is 1. The van der Waals surface area contributed by atoms with E-state index in [9.17, 15) is 13.2 Å². The van der Waals surface area contributed by atoms with Crippen LogP contribution in [0.2, 0.25) is 0 Å². The van der Waals surface area contributed by atoms with Gasteiger partial charge in [-0.1, -0.05) is 0 Å². The molecular weight excluding hydrogens is 512 g/mol. The smallest absolute Gasteiger partial charge is 0.403 e. The molecule has 2 aliphatic heterocycles. The molecule has 1 fully saturated rings. The van der Waals surface area contributed by atoms with Gasteiger partial charge in [-0.3, -0.25) is 9.89 Å². The Bertz CT molecular complexity index is 752. The second-order valence-electron chi connectivity index (χ2n) is 7.55. The van der Waals surface area contributed by atoms with Crippen LogP contribution >= 0.6 is 24.0 Å². The molecule has 1 saturated heterocycles. The van der Waals surface area contributed by atoms with E-state index in [2.05, 4.69) is 10.3 Å². The van der Waals surface area contributed by atoms with Gasteiger partial charge in [0, 0.05) is 57.3 Å². The Morgan fingerprint density at radius 2 is 1.97 bits per heavy atom. The maximum atomic E-state index is 12.9. The molecule has 2 atom stereocenters. The molecular formula is C20H30F3IN4O2. The Balaban J connectivity index is 0.00000320. The number of ether oxygens (including phenoxy) is 2. The lowest BCUT2D eigenvalue weighted by molar-refractivity contribution is -0.181. The highest BCUT2D eigenvalue weighted by Gasteiger charge is 2.41. The number of alkyl halides is 3. The number of piperazine rings is 1. The lowest BCUT2D eigenvalue weighted by Crippen LogP contribution is -2.56. The summed E-state index contributed by atoms with van der Waals surface area (Å²) in [5, 5.41) is 3.31. The van der Waals surface area contributed by atoms with Crippen LogP contribution in [0, 0.1) is 0 Å². The summed E-state index contributed by atoms with van der Waals surface area (Å²) in [7, 11) is 3.32. The summed E-state index contributed by atoms with van der Waals surface area (Å²) in [4.78, 5) is 7.75. The normalized spacial score (nSPS) is 20.8. The van der Waals surface area contributed by atoms with Crippen molar-refractivity contribution in [2.75, 3.05) is 40.3 Å². The first-order valence-corrected chi connectivity index (χ1v) is 9.85. The van der Waals surface area contributed by atoms with Crippen molar-refractivity contribution in [3.8, 4) is 11.5 Å². The highest BCUT2D eigenvalue weighted by atomic mass is 127. The predicted molar refractivity (Wildman–Crippen MR) is 121 cm³/mol. The van der Waals surface area contributed by atoms with Gasteiger partial charge in [-0.25, -0.2) is 0 Å². The fraction of sp³-hybridized carbons (Fsp3) is 0.650. The maximum Gasteiger partial charge on any atom is 0.403 e. The lowest BCUT2D eigenvalue weighted by atomic mass is 10.1. The highest BCUT2D eigenvalue weighted by molar-refractivity contribution is 14.0. The molecule has 0 spiro atoms. The fourth-order valence-electron chi connectivity index (χ4n) is 3.84. The largest absolute Gasteiger partial charge is 0.496 e. The average Bonchev–Trinajstić information content (AvgIpc) is 3.05. The minimum absolute atomic E-state index is 0. The van der Waals surface area contributed by atoms with Gasteiger partial charge in [0.2, 0.25) is 0 Å². The van der Waals surface area contributed by atoms with Gasteiger partial charge in [0.1, 0.15) is 23.6 Å². The number of halogens is 4. The van der Waals surface area contributed by atoms with Crippen molar-refractivity contribution in [3.05, 3.63) is 23.3 Å². The van der Waals surface area contributed by atoms with Gasteiger partial charge in [0.05, 0.1) is 7.11 Å². The van der Waals surface area contributed by atoms with Crippen LogP contribution in [-0.4, -0.2) is 74.4 Å². The van der Waals surface area contributed by atoms with Crippen molar-refractivity contribution in [1.29, 1.82) is 0 Å². The van der Waals surface area contributed by atoms with Crippen LogP contribution in [0.15, 0.2) is 17.1 Å². The summed E-state index contributed by atoms with van der Waals surface area (Å²) in [6.07, 6.45) is -3.19. The quantitative estimate of drug-likeness (QED) is 0.360. The van der Waals surface area contributed by atoms with E-state index in [1.165, 1.54) is 11.8 Å².